The van der Waals surface area contributed by atoms with E-state index in [0.29, 0.717) is 12.2 Å². The number of hydrogen-bond donors (Lipinski definition) is 2. The summed E-state index contributed by atoms with van der Waals surface area (Å²) < 4.78 is 12.9. The van der Waals surface area contributed by atoms with E-state index >= 15 is 0 Å². The maximum atomic E-state index is 12.9. The lowest BCUT2D eigenvalue weighted by Gasteiger charge is -2.05. The zero-order valence-electron chi connectivity index (χ0n) is 9.56. The molecule has 1 aromatic heterocycles. The third-order valence-electron chi connectivity index (χ3n) is 2.40. The van der Waals surface area contributed by atoms with Gasteiger partial charge in [-0.05, 0) is 23.8 Å². The first-order valence-electron chi connectivity index (χ1n) is 5.38. The van der Waals surface area contributed by atoms with Gasteiger partial charge >= 0.3 is 0 Å². The fourth-order valence-corrected chi connectivity index (χ4v) is 1.46. The quantitative estimate of drug-likeness (QED) is 0.809. The molecular weight excluding hydrogens is 233 g/mol. The van der Waals surface area contributed by atoms with Crippen LogP contribution in [-0.4, -0.2) is 10.9 Å². The van der Waals surface area contributed by atoms with Crippen LogP contribution < -0.4 is 11.1 Å². The predicted octanol–water partition coefficient (Wildman–Crippen LogP) is 1.73. The van der Waals surface area contributed by atoms with E-state index in [-0.39, 0.29) is 11.5 Å². The van der Waals surface area contributed by atoms with Crippen molar-refractivity contribution in [2.24, 2.45) is 0 Å². The molecule has 0 aliphatic rings. The topological polar surface area (TPSA) is 68.0 Å². The van der Waals surface area contributed by atoms with Crippen molar-refractivity contribution in [3.05, 3.63) is 59.7 Å². The molecule has 92 valence electrons. The molecule has 0 saturated carbocycles. The van der Waals surface area contributed by atoms with Crippen molar-refractivity contribution in [2.75, 3.05) is 5.73 Å². The van der Waals surface area contributed by atoms with Crippen LogP contribution in [0.3, 0.4) is 0 Å². The summed E-state index contributed by atoms with van der Waals surface area (Å²) in [4.78, 5) is 15.3. The fraction of sp³-hybridized carbons (Fsp3) is 0.0769. The van der Waals surface area contributed by atoms with E-state index < -0.39 is 5.82 Å². The van der Waals surface area contributed by atoms with Crippen molar-refractivity contribution in [2.45, 2.75) is 6.54 Å². The van der Waals surface area contributed by atoms with Gasteiger partial charge in [0.25, 0.3) is 5.91 Å². The molecule has 2 aromatic rings. The van der Waals surface area contributed by atoms with Crippen LogP contribution in [0.2, 0.25) is 0 Å². The van der Waals surface area contributed by atoms with Crippen LogP contribution in [0.25, 0.3) is 0 Å². The molecule has 0 fully saturated rings. The van der Waals surface area contributed by atoms with Crippen LogP contribution in [0.5, 0.6) is 0 Å². The normalized spacial score (nSPS) is 10.1. The van der Waals surface area contributed by atoms with Gasteiger partial charge in [0.15, 0.2) is 0 Å². The van der Waals surface area contributed by atoms with Gasteiger partial charge in [0, 0.05) is 18.4 Å². The minimum Gasteiger partial charge on any atom is -0.399 e. The number of aromatic nitrogens is 1. The maximum Gasteiger partial charge on any atom is 0.253 e. The molecule has 0 unspecified atom stereocenters. The van der Waals surface area contributed by atoms with Gasteiger partial charge in [0.1, 0.15) is 5.82 Å². The first kappa shape index (κ1) is 12.0. The van der Waals surface area contributed by atoms with Crippen LogP contribution in [0.4, 0.5) is 10.1 Å². The van der Waals surface area contributed by atoms with Gasteiger partial charge in [-0.25, -0.2) is 4.39 Å². The number of amides is 1. The Kier molecular flexibility index (Phi) is 3.52. The smallest absolute Gasteiger partial charge is 0.253 e. The van der Waals surface area contributed by atoms with Gasteiger partial charge in [-0.15, -0.1) is 0 Å². The highest BCUT2D eigenvalue weighted by Crippen LogP contribution is 2.06. The van der Waals surface area contributed by atoms with Crippen LogP contribution in [0.1, 0.15) is 15.9 Å². The molecule has 0 aliphatic carbocycles. The number of carbonyl (C=O) groups excluding carboxylic acids is 1. The third-order valence-corrected chi connectivity index (χ3v) is 2.40. The summed E-state index contributed by atoms with van der Waals surface area (Å²) in [5.74, 6) is -0.894. The molecule has 0 radical (unpaired) electrons. The Hall–Kier alpha value is -2.43. The van der Waals surface area contributed by atoms with Gasteiger partial charge < -0.3 is 11.1 Å². The molecule has 0 aliphatic heterocycles. The molecule has 1 heterocycles. The van der Waals surface area contributed by atoms with Gasteiger partial charge in [-0.3, -0.25) is 9.78 Å². The second-order valence-electron chi connectivity index (χ2n) is 3.82. The van der Waals surface area contributed by atoms with Crippen molar-refractivity contribution in [3.8, 4) is 0 Å². The summed E-state index contributed by atoms with van der Waals surface area (Å²) in [7, 11) is 0. The summed E-state index contributed by atoms with van der Waals surface area (Å²) in [6.45, 7) is 0.357. The van der Waals surface area contributed by atoms with Gasteiger partial charge in [0.05, 0.1) is 11.8 Å². The number of carbonyl (C=O) groups is 1. The monoisotopic (exact) mass is 245 g/mol. The van der Waals surface area contributed by atoms with E-state index in [1.807, 2.05) is 12.1 Å². The molecular formula is C13H12FN3O. The van der Waals surface area contributed by atoms with E-state index in [4.69, 9.17) is 5.73 Å². The van der Waals surface area contributed by atoms with E-state index in [9.17, 15) is 9.18 Å². The highest BCUT2D eigenvalue weighted by molar-refractivity contribution is 5.93. The number of rotatable bonds is 3. The molecule has 1 aromatic carbocycles. The van der Waals surface area contributed by atoms with Crippen LogP contribution in [0, 0.1) is 5.82 Å². The molecule has 18 heavy (non-hydrogen) atoms. The van der Waals surface area contributed by atoms with Crippen molar-refractivity contribution >= 4 is 11.6 Å². The number of benzene rings is 1. The van der Waals surface area contributed by atoms with Crippen molar-refractivity contribution in [1.29, 1.82) is 0 Å². The second-order valence-corrected chi connectivity index (χ2v) is 3.82. The first-order chi connectivity index (χ1) is 8.65. The zero-order valence-corrected chi connectivity index (χ0v) is 9.56. The highest BCUT2D eigenvalue weighted by Gasteiger charge is 2.06. The van der Waals surface area contributed by atoms with Gasteiger partial charge in [-0.2, -0.15) is 0 Å². The average molecular weight is 245 g/mol. The van der Waals surface area contributed by atoms with Gasteiger partial charge in [0.2, 0.25) is 0 Å². The molecule has 0 saturated heterocycles. The first-order valence-corrected chi connectivity index (χ1v) is 5.38. The maximum absolute atomic E-state index is 12.9. The Labute approximate surface area is 104 Å². The highest BCUT2D eigenvalue weighted by atomic mass is 19.1. The largest absolute Gasteiger partial charge is 0.399 e. The Morgan fingerprint density at radius 2 is 2.00 bits per heavy atom. The summed E-state index contributed by atoms with van der Waals surface area (Å²) >= 11 is 0. The molecule has 2 rings (SSSR count). The van der Waals surface area contributed by atoms with E-state index in [1.165, 1.54) is 6.20 Å². The zero-order chi connectivity index (χ0) is 13.0. The lowest BCUT2D eigenvalue weighted by atomic mass is 10.2. The van der Waals surface area contributed by atoms with Crippen LogP contribution in [-0.2, 0) is 6.54 Å². The lowest BCUT2D eigenvalue weighted by molar-refractivity contribution is 0.0950. The van der Waals surface area contributed by atoms with E-state index in [2.05, 4.69) is 10.3 Å². The predicted molar refractivity (Wildman–Crippen MR) is 66.2 cm³/mol. The molecule has 4 nitrogen and oxygen atoms in total. The molecule has 0 atom stereocenters. The van der Waals surface area contributed by atoms with Crippen molar-refractivity contribution in [1.82, 2.24) is 10.3 Å². The van der Waals surface area contributed by atoms with E-state index in [1.54, 1.807) is 12.1 Å². The number of nitrogens with two attached hydrogens (primary N) is 1. The Bertz CT molecular complexity index is 554. The Balaban J connectivity index is 1.98. The Morgan fingerprint density at radius 3 is 2.67 bits per heavy atom. The number of nitrogen functional groups attached to an aromatic ring is 1. The second kappa shape index (κ2) is 5.27. The van der Waals surface area contributed by atoms with Crippen LogP contribution >= 0.6 is 0 Å². The molecule has 3 N–H and O–H groups in total. The third kappa shape index (κ3) is 3.04. The minimum atomic E-state index is -0.532. The summed E-state index contributed by atoms with van der Waals surface area (Å²) in [6, 6.07) is 8.29. The Morgan fingerprint density at radius 1 is 1.28 bits per heavy atom. The number of nitrogens with zero attached hydrogens (tertiary/aromatic N) is 1. The van der Waals surface area contributed by atoms with Gasteiger partial charge in [-0.1, -0.05) is 12.1 Å². The lowest BCUT2D eigenvalue weighted by Crippen LogP contribution is -2.23. The van der Waals surface area contributed by atoms with Crippen molar-refractivity contribution < 1.29 is 9.18 Å². The number of nitrogens with one attached hydrogen (secondary N) is 1. The number of anilines is 1. The fourth-order valence-electron chi connectivity index (χ4n) is 1.46. The average Bonchev–Trinajstić information content (AvgIpc) is 2.38. The summed E-state index contributed by atoms with van der Waals surface area (Å²) in [5, 5.41) is 2.68. The standard InChI is InChI=1S/C13H12FN3O/c14-11-5-10(7-16-8-11)13(18)17-6-9-1-3-12(15)4-2-9/h1-5,7-8H,6,15H2,(H,17,18). The number of hydrogen-bond acceptors (Lipinski definition) is 3. The molecule has 1 amide bonds. The molecule has 0 spiro atoms. The molecule has 0 bridgehead atoms. The SMILES string of the molecule is Nc1ccc(CNC(=O)c2cncc(F)c2)cc1. The number of halogens is 1. The number of pyridine rings is 1. The summed E-state index contributed by atoms with van der Waals surface area (Å²) in [5.41, 5.74) is 7.34. The minimum absolute atomic E-state index is 0.199. The van der Waals surface area contributed by atoms with Crippen molar-refractivity contribution in [3.63, 3.8) is 0 Å². The van der Waals surface area contributed by atoms with Crippen LogP contribution in [0.15, 0.2) is 42.7 Å². The summed E-state index contributed by atoms with van der Waals surface area (Å²) in [6.07, 6.45) is 2.37. The van der Waals surface area contributed by atoms with E-state index in [0.717, 1.165) is 17.8 Å². The molecule has 5 heteroatoms.